The van der Waals surface area contributed by atoms with Crippen LogP contribution in [0.25, 0.3) is 0 Å². The lowest BCUT2D eigenvalue weighted by Crippen LogP contribution is -2.47. The summed E-state index contributed by atoms with van der Waals surface area (Å²) in [6.07, 6.45) is 2.57. The number of nitrogens with one attached hydrogen (secondary N) is 1. The Hall–Kier alpha value is -2.64. The van der Waals surface area contributed by atoms with E-state index in [1.54, 1.807) is 6.92 Å². The van der Waals surface area contributed by atoms with Gasteiger partial charge in [-0.3, -0.25) is 19.2 Å². The Balaban J connectivity index is 2.14. The van der Waals surface area contributed by atoms with Crippen LogP contribution in [0.2, 0.25) is 0 Å². The number of H-pyrrole nitrogens is 1. The number of hydrogen-bond donors (Lipinski definition) is 2. The molecule has 0 spiro atoms. The number of aromatic nitrogens is 1. The number of piperidine rings is 1. The molecule has 1 atom stereocenters. The molecule has 1 aromatic heterocycles. The van der Waals surface area contributed by atoms with Gasteiger partial charge in [-0.15, -0.1) is 0 Å². The molecule has 154 valence electrons. The van der Waals surface area contributed by atoms with E-state index in [1.807, 2.05) is 6.92 Å². The number of amides is 2. The third-order valence-corrected chi connectivity index (χ3v) is 5.20. The lowest BCUT2D eigenvalue weighted by Gasteiger charge is -2.32. The number of aryl methyl sites for hydroxylation is 1. The molecule has 8 nitrogen and oxygen atoms in total. The molecular weight excluding hydrogens is 362 g/mol. The predicted octanol–water partition coefficient (Wildman–Crippen LogP) is 1.87. The number of aliphatic carboxylic acids is 1. The summed E-state index contributed by atoms with van der Waals surface area (Å²) in [5.74, 6) is -2.17. The van der Waals surface area contributed by atoms with Gasteiger partial charge in [0.05, 0.1) is 12.5 Å². The van der Waals surface area contributed by atoms with E-state index in [1.165, 1.54) is 23.8 Å². The monoisotopic (exact) mass is 391 g/mol. The fourth-order valence-electron chi connectivity index (χ4n) is 3.81. The second-order valence-corrected chi connectivity index (χ2v) is 7.46. The molecule has 2 N–H and O–H groups in total. The Morgan fingerprint density at radius 2 is 1.96 bits per heavy atom. The normalized spacial score (nSPS) is 16.7. The Kier molecular flexibility index (Phi) is 6.99. The largest absolute Gasteiger partial charge is 0.481 e. The van der Waals surface area contributed by atoms with Gasteiger partial charge in [0.2, 0.25) is 5.91 Å². The molecule has 2 amide bonds. The highest BCUT2D eigenvalue weighted by Gasteiger charge is 2.30. The number of carbonyl (C=O) groups is 4. The Bertz CT molecular complexity index is 783. The highest BCUT2D eigenvalue weighted by molar-refractivity contribution is 6.03. The second kappa shape index (κ2) is 9.03. The van der Waals surface area contributed by atoms with Crippen molar-refractivity contribution in [3.63, 3.8) is 0 Å². The van der Waals surface area contributed by atoms with Crippen LogP contribution in [0, 0.1) is 12.8 Å². The van der Waals surface area contributed by atoms with Crippen molar-refractivity contribution in [3.8, 4) is 0 Å². The number of carboxylic acids is 1. The maximum absolute atomic E-state index is 12.9. The average molecular weight is 391 g/mol. The van der Waals surface area contributed by atoms with Crippen LogP contribution in [0.4, 0.5) is 0 Å². The number of ketones is 1. The van der Waals surface area contributed by atoms with Crippen molar-refractivity contribution in [3.05, 3.63) is 22.5 Å². The summed E-state index contributed by atoms with van der Waals surface area (Å²) in [6.45, 7) is 5.76. The van der Waals surface area contributed by atoms with E-state index in [2.05, 4.69) is 4.98 Å². The zero-order chi connectivity index (χ0) is 21.0. The molecule has 1 aliphatic rings. The highest BCUT2D eigenvalue weighted by Crippen LogP contribution is 2.23. The molecule has 28 heavy (non-hydrogen) atoms. The molecule has 0 radical (unpaired) electrons. The number of carbonyl (C=O) groups excluding carboxylic acids is 3. The first-order chi connectivity index (χ1) is 13.2. The van der Waals surface area contributed by atoms with Crippen molar-refractivity contribution >= 4 is 23.6 Å². The standard InChI is InChI=1S/C20H29N3O5/c1-5-7-15-17(13(3)24)12(2)21-18(15)19(26)22(4)11-16(25)23-9-6-8-14(10-23)20(27)28/h14,21H,5-11H2,1-4H3,(H,27,28). The Labute approximate surface area is 164 Å². The van der Waals surface area contributed by atoms with Gasteiger partial charge in [-0.05, 0) is 38.7 Å². The number of Topliss-reactive ketones (excluding diaryl/α,β-unsaturated/α-hetero) is 1. The van der Waals surface area contributed by atoms with Crippen LogP contribution in [-0.2, 0) is 16.0 Å². The van der Waals surface area contributed by atoms with E-state index >= 15 is 0 Å². The Morgan fingerprint density at radius 1 is 1.29 bits per heavy atom. The summed E-state index contributed by atoms with van der Waals surface area (Å²) in [4.78, 5) is 54.5. The number of nitrogens with zero attached hydrogens (tertiary/aromatic N) is 2. The number of hydrogen-bond acceptors (Lipinski definition) is 4. The third-order valence-electron chi connectivity index (χ3n) is 5.20. The van der Waals surface area contributed by atoms with E-state index in [0.29, 0.717) is 48.3 Å². The average Bonchev–Trinajstić information content (AvgIpc) is 2.97. The molecule has 8 heteroatoms. The minimum absolute atomic E-state index is 0.0944. The number of likely N-dealkylation sites (N-methyl/N-ethyl adjacent to an activating group) is 1. The zero-order valence-corrected chi connectivity index (χ0v) is 17.0. The van der Waals surface area contributed by atoms with Gasteiger partial charge in [0.1, 0.15) is 5.69 Å². The summed E-state index contributed by atoms with van der Waals surface area (Å²) < 4.78 is 0. The van der Waals surface area contributed by atoms with Gasteiger partial charge >= 0.3 is 5.97 Å². The summed E-state index contributed by atoms with van der Waals surface area (Å²) in [5, 5.41) is 9.18. The maximum atomic E-state index is 12.9. The van der Waals surface area contributed by atoms with Crippen molar-refractivity contribution in [1.82, 2.24) is 14.8 Å². The van der Waals surface area contributed by atoms with E-state index in [4.69, 9.17) is 0 Å². The second-order valence-electron chi connectivity index (χ2n) is 7.46. The molecule has 1 aliphatic heterocycles. The van der Waals surface area contributed by atoms with Gasteiger partial charge in [0.15, 0.2) is 5.78 Å². The summed E-state index contributed by atoms with van der Waals surface area (Å²) in [5.41, 5.74) is 2.24. The number of likely N-dealkylation sites (tertiary alicyclic amines) is 1. The number of carboxylic acid groups (broad SMARTS) is 1. The molecule has 1 saturated heterocycles. The van der Waals surface area contributed by atoms with Crippen LogP contribution < -0.4 is 0 Å². The zero-order valence-electron chi connectivity index (χ0n) is 17.0. The fraction of sp³-hybridized carbons (Fsp3) is 0.600. The highest BCUT2D eigenvalue weighted by atomic mass is 16.4. The predicted molar refractivity (Wildman–Crippen MR) is 103 cm³/mol. The van der Waals surface area contributed by atoms with Crippen molar-refractivity contribution in [2.45, 2.75) is 46.5 Å². The fourth-order valence-corrected chi connectivity index (χ4v) is 3.81. The van der Waals surface area contributed by atoms with Gasteiger partial charge < -0.3 is 19.9 Å². The Morgan fingerprint density at radius 3 is 2.54 bits per heavy atom. The molecule has 2 rings (SSSR count). The third kappa shape index (κ3) is 4.61. The first-order valence-electron chi connectivity index (χ1n) is 9.65. The van der Waals surface area contributed by atoms with Gasteiger partial charge in [0, 0.05) is 31.4 Å². The van der Waals surface area contributed by atoms with Gasteiger partial charge in [-0.1, -0.05) is 13.3 Å². The number of rotatable bonds is 7. The molecule has 1 fully saturated rings. The SMILES string of the molecule is CCCc1c(C(=O)N(C)CC(=O)N2CCCC(C(=O)O)C2)[nH]c(C)c1C(C)=O. The summed E-state index contributed by atoms with van der Waals surface area (Å²) in [7, 11) is 1.54. The van der Waals surface area contributed by atoms with E-state index < -0.39 is 11.9 Å². The lowest BCUT2D eigenvalue weighted by molar-refractivity contribution is -0.145. The summed E-state index contributed by atoms with van der Waals surface area (Å²) in [6, 6.07) is 0. The molecule has 1 unspecified atom stereocenters. The topological polar surface area (TPSA) is 111 Å². The molecule has 0 aromatic carbocycles. The first-order valence-corrected chi connectivity index (χ1v) is 9.65. The van der Waals surface area contributed by atoms with Crippen LogP contribution in [0.15, 0.2) is 0 Å². The molecule has 2 heterocycles. The van der Waals surface area contributed by atoms with Crippen LogP contribution in [0.1, 0.15) is 65.2 Å². The van der Waals surface area contributed by atoms with E-state index in [-0.39, 0.29) is 30.7 Å². The quantitative estimate of drug-likeness (QED) is 0.690. The molecule has 0 saturated carbocycles. The molecule has 0 bridgehead atoms. The minimum atomic E-state index is -0.898. The molecule has 0 aliphatic carbocycles. The molecule has 1 aromatic rings. The van der Waals surface area contributed by atoms with Crippen LogP contribution in [-0.4, -0.2) is 70.1 Å². The van der Waals surface area contributed by atoms with Gasteiger partial charge in [0.25, 0.3) is 5.91 Å². The van der Waals surface area contributed by atoms with Crippen molar-refractivity contribution < 1.29 is 24.3 Å². The summed E-state index contributed by atoms with van der Waals surface area (Å²) >= 11 is 0. The van der Waals surface area contributed by atoms with Crippen molar-refractivity contribution in [2.24, 2.45) is 5.92 Å². The van der Waals surface area contributed by atoms with Gasteiger partial charge in [-0.25, -0.2) is 0 Å². The van der Waals surface area contributed by atoms with Crippen LogP contribution >= 0.6 is 0 Å². The molecular formula is C20H29N3O5. The smallest absolute Gasteiger partial charge is 0.308 e. The van der Waals surface area contributed by atoms with Gasteiger partial charge in [-0.2, -0.15) is 0 Å². The van der Waals surface area contributed by atoms with Crippen molar-refractivity contribution in [1.29, 1.82) is 0 Å². The number of aromatic amines is 1. The first kappa shape index (κ1) is 21.7. The van der Waals surface area contributed by atoms with Crippen LogP contribution in [0.5, 0.6) is 0 Å². The lowest BCUT2D eigenvalue weighted by atomic mass is 9.98. The van der Waals surface area contributed by atoms with Crippen LogP contribution in [0.3, 0.4) is 0 Å². The van der Waals surface area contributed by atoms with E-state index in [0.717, 1.165) is 6.42 Å². The van der Waals surface area contributed by atoms with Crippen molar-refractivity contribution in [2.75, 3.05) is 26.7 Å². The maximum Gasteiger partial charge on any atom is 0.308 e. The minimum Gasteiger partial charge on any atom is -0.481 e. The van der Waals surface area contributed by atoms with E-state index in [9.17, 15) is 24.3 Å².